The summed E-state index contributed by atoms with van der Waals surface area (Å²) in [5.74, 6) is 13.7. The van der Waals surface area contributed by atoms with Gasteiger partial charge in [-0.1, -0.05) is 23.2 Å². The van der Waals surface area contributed by atoms with Crippen LogP contribution in [0.3, 0.4) is 0 Å². The second kappa shape index (κ2) is 13.6. The molecule has 0 amide bonds. The van der Waals surface area contributed by atoms with Crippen LogP contribution in [0.15, 0.2) is 47.8 Å². The van der Waals surface area contributed by atoms with Gasteiger partial charge in [0.2, 0.25) is 11.8 Å². The number of halogens is 2. The number of ether oxygens (including phenoxy) is 1. The molecule has 218 valence electrons. The van der Waals surface area contributed by atoms with E-state index in [1.807, 2.05) is 18.2 Å². The molecule has 13 heteroatoms. The topological polar surface area (TPSA) is 134 Å². The molecule has 1 aromatic carbocycles. The highest BCUT2D eigenvalue weighted by Gasteiger charge is 2.22. The lowest BCUT2D eigenvalue weighted by Crippen LogP contribution is -2.45. The van der Waals surface area contributed by atoms with Crippen LogP contribution >= 0.6 is 23.2 Å². The first-order valence-electron chi connectivity index (χ1n) is 13.7. The van der Waals surface area contributed by atoms with E-state index in [1.54, 1.807) is 18.5 Å². The van der Waals surface area contributed by atoms with Gasteiger partial charge in [0.1, 0.15) is 5.84 Å². The van der Waals surface area contributed by atoms with Gasteiger partial charge in [-0.3, -0.25) is 4.90 Å². The van der Waals surface area contributed by atoms with Crippen molar-refractivity contribution in [1.82, 2.24) is 30.2 Å². The Labute approximate surface area is 250 Å². The fourth-order valence-corrected chi connectivity index (χ4v) is 5.76. The van der Waals surface area contributed by atoms with Gasteiger partial charge in [-0.25, -0.2) is 20.8 Å². The van der Waals surface area contributed by atoms with Crippen LogP contribution in [0.4, 0.5) is 5.95 Å². The number of hydrazone groups is 1. The van der Waals surface area contributed by atoms with Crippen LogP contribution in [0.25, 0.3) is 11.3 Å². The summed E-state index contributed by atoms with van der Waals surface area (Å²) in [4.78, 5) is 20.8. The van der Waals surface area contributed by atoms with Crippen molar-refractivity contribution < 1.29 is 4.74 Å². The van der Waals surface area contributed by atoms with Gasteiger partial charge in [0.05, 0.1) is 18.1 Å². The third-order valence-electron chi connectivity index (χ3n) is 7.56. The van der Waals surface area contributed by atoms with Gasteiger partial charge >= 0.3 is 0 Å². The van der Waals surface area contributed by atoms with E-state index in [9.17, 15) is 0 Å². The number of pyridine rings is 1. The zero-order valence-electron chi connectivity index (χ0n) is 23.1. The predicted octanol–water partition coefficient (Wildman–Crippen LogP) is 3.73. The number of amidine groups is 1. The van der Waals surface area contributed by atoms with E-state index in [2.05, 4.69) is 48.3 Å². The molecule has 0 unspecified atom stereocenters. The number of aromatic nitrogens is 3. The minimum Gasteiger partial charge on any atom is -0.436 e. The molecule has 41 heavy (non-hydrogen) atoms. The van der Waals surface area contributed by atoms with Crippen LogP contribution in [0, 0.1) is 5.92 Å². The molecule has 2 aliphatic rings. The third-order valence-corrected chi connectivity index (χ3v) is 8.00. The highest BCUT2D eigenvalue weighted by atomic mass is 35.5. The first kappa shape index (κ1) is 29.3. The average Bonchev–Trinajstić information content (AvgIpc) is 2.97. The maximum Gasteiger partial charge on any atom is 0.225 e. The highest BCUT2D eigenvalue weighted by molar-refractivity contribution is 6.35. The molecular formula is C28H36Cl2N10O. The van der Waals surface area contributed by atoms with Gasteiger partial charge in [0, 0.05) is 60.8 Å². The van der Waals surface area contributed by atoms with Crippen LogP contribution in [-0.4, -0.2) is 76.9 Å². The number of anilines is 1. The average molecular weight is 600 g/mol. The second-order valence-corrected chi connectivity index (χ2v) is 11.5. The van der Waals surface area contributed by atoms with E-state index in [0.717, 1.165) is 81.9 Å². The van der Waals surface area contributed by atoms with Crippen molar-refractivity contribution in [1.29, 1.82) is 0 Å². The SMILES string of the molecule is CN1CCN(c2ncc(Oc3cc(CN4CCC(C/C(=N/N)NN)CC4)cc(-c4cc(Cl)cc(Cl)c4)n3)cn2)CC1. The molecule has 0 saturated carbocycles. The van der Waals surface area contributed by atoms with E-state index in [0.29, 0.717) is 39.4 Å². The number of hydrazine groups is 1. The molecule has 5 N–H and O–H groups in total. The number of benzene rings is 1. The van der Waals surface area contributed by atoms with Gasteiger partial charge in [-0.05, 0) is 68.7 Å². The van der Waals surface area contributed by atoms with Crippen molar-refractivity contribution >= 4 is 35.0 Å². The maximum atomic E-state index is 6.32. The van der Waals surface area contributed by atoms with Crippen LogP contribution in [0.5, 0.6) is 11.6 Å². The predicted molar refractivity (Wildman–Crippen MR) is 163 cm³/mol. The number of likely N-dealkylation sites (tertiary alicyclic amines) is 1. The fraction of sp³-hybridized carbons (Fsp3) is 0.429. The lowest BCUT2D eigenvalue weighted by atomic mass is 9.93. The number of hydrogen-bond donors (Lipinski definition) is 3. The van der Waals surface area contributed by atoms with Crippen LogP contribution in [-0.2, 0) is 6.54 Å². The Kier molecular flexibility index (Phi) is 9.73. The number of rotatable bonds is 8. The molecule has 0 spiro atoms. The number of piperidine rings is 1. The fourth-order valence-electron chi connectivity index (χ4n) is 5.23. The van der Waals surface area contributed by atoms with E-state index in [1.165, 1.54) is 0 Å². The van der Waals surface area contributed by atoms with Gasteiger partial charge < -0.3 is 25.8 Å². The van der Waals surface area contributed by atoms with Gasteiger partial charge in [0.15, 0.2) is 5.75 Å². The van der Waals surface area contributed by atoms with E-state index < -0.39 is 0 Å². The molecule has 0 bridgehead atoms. The molecule has 11 nitrogen and oxygen atoms in total. The van der Waals surface area contributed by atoms with E-state index >= 15 is 0 Å². The third kappa shape index (κ3) is 7.96. The summed E-state index contributed by atoms with van der Waals surface area (Å²) < 4.78 is 6.18. The first-order chi connectivity index (χ1) is 19.9. The summed E-state index contributed by atoms with van der Waals surface area (Å²) in [5, 5.41) is 4.82. The summed E-state index contributed by atoms with van der Waals surface area (Å²) in [7, 11) is 2.12. The number of hydrogen-bond acceptors (Lipinski definition) is 10. The number of nitrogens with zero attached hydrogens (tertiary/aromatic N) is 7. The van der Waals surface area contributed by atoms with Crippen molar-refractivity contribution in [3.8, 4) is 22.9 Å². The zero-order chi connectivity index (χ0) is 28.8. The Hall–Kier alpha value is -3.22. The lowest BCUT2D eigenvalue weighted by molar-refractivity contribution is 0.179. The Morgan fingerprint density at radius 1 is 1.00 bits per heavy atom. The summed E-state index contributed by atoms with van der Waals surface area (Å²) in [6.45, 7) is 6.42. The van der Waals surface area contributed by atoms with Crippen LogP contribution < -0.4 is 26.7 Å². The molecule has 2 aromatic heterocycles. The van der Waals surface area contributed by atoms with Crippen LogP contribution in [0.2, 0.25) is 10.0 Å². The van der Waals surface area contributed by atoms with Gasteiger partial charge in [0.25, 0.3) is 0 Å². The summed E-state index contributed by atoms with van der Waals surface area (Å²) in [6.07, 6.45) is 6.21. The quantitative estimate of drug-likeness (QED) is 0.152. The molecule has 0 radical (unpaired) electrons. The Morgan fingerprint density at radius 3 is 2.32 bits per heavy atom. The largest absolute Gasteiger partial charge is 0.436 e. The second-order valence-electron chi connectivity index (χ2n) is 10.6. The minimum absolute atomic E-state index is 0.456. The molecule has 2 saturated heterocycles. The van der Waals surface area contributed by atoms with Crippen molar-refractivity contribution in [3.05, 3.63) is 58.3 Å². The molecule has 0 atom stereocenters. The number of nitrogens with two attached hydrogens (primary N) is 2. The standard InChI is InChI=1S/C28H36Cl2N10O/c1-38-6-8-40(9-7-38)28-33-16-24(17-34-28)41-27-12-20(10-25(35-27)21-13-22(29)15-23(30)14-21)18-39-4-2-19(3-5-39)11-26(36-31)37-32/h10,12-17,19H,2-9,11,18,31-32H2,1H3,(H,36,37). The molecule has 0 aliphatic carbocycles. The number of piperazine rings is 1. The molecule has 5 rings (SSSR count). The molecule has 3 aromatic rings. The monoisotopic (exact) mass is 598 g/mol. The van der Waals surface area contributed by atoms with Gasteiger partial charge in [-0.2, -0.15) is 5.10 Å². The van der Waals surface area contributed by atoms with Crippen molar-refractivity contribution in [2.45, 2.75) is 25.8 Å². The van der Waals surface area contributed by atoms with Crippen molar-refractivity contribution in [2.24, 2.45) is 22.7 Å². The number of nitrogens with one attached hydrogen (secondary N) is 1. The summed E-state index contributed by atoms with van der Waals surface area (Å²) in [5.41, 5.74) is 5.20. The normalized spacial score (nSPS) is 17.6. The molecule has 2 fully saturated rings. The minimum atomic E-state index is 0.456. The van der Waals surface area contributed by atoms with E-state index in [4.69, 9.17) is 44.6 Å². The molecule has 2 aliphatic heterocycles. The van der Waals surface area contributed by atoms with Crippen molar-refractivity contribution in [2.75, 3.05) is 51.2 Å². The summed E-state index contributed by atoms with van der Waals surface area (Å²) >= 11 is 12.6. The number of likely N-dealkylation sites (N-methyl/N-ethyl adjacent to an activating group) is 1. The lowest BCUT2D eigenvalue weighted by Gasteiger charge is -2.32. The Morgan fingerprint density at radius 2 is 1.68 bits per heavy atom. The van der Waals surface area contributed by atoms with Crippen LogP contribution in [0.1, 0.15) is 24.8 Å². The Balaban J connectivity index is 1.32. The van der Waals surface area contributed by atoms with Gasteiger partial charge in [-0.15, -0.1) is 0 Å². The van der Waals surface area contributed by atoms with Crippen molar-refractivity contribution in [3.63, 3.8) is 0 Å². The smallest absolute Gasteiger partial charge is 0.225 e. The highest BCUT2D eigenvalue weighted by Crippen LogP contribution is 2.31. The zero-order valence-corrected chi connectivity index (χ0v) is 24.7. The summed E-state index contributed by atoms with van der Waals surface area (Å²) in [6, 6.07) is 9.44. The van der Waals surface area contributed by atoms with E-state index in [-0.39, 0.29) is 0 Å². The maximum absolute atomic E-state index is 6.32. The Bertz CT molecular complexity index is 1320. The molecule has 4 heterocycles. The first-order valence-corrected chi connectivity index (χ1v) is 14.5. The molecular weight excluding hydrogens is 563 g/mol.